The standard InChI is InChI=1S/C4H5NO2/c5-1-4(2-6)3-7/h1-3H,5H2. The van der Waals surface area contributed by atoms with Crippen LogP contribution < -0.4 is 5.73 Å². The van der Waals surface area contributed by atoms with Gasteiger partial charge in [-0.25, -0.2) is 0 Å². The molecule has 0 unspecified atom stereocenters. The molecule has 0 aromatic rings. The van der Waals surface area contributed by atoms with Crippen molar-refractivity contribution < 1.29 is 9.59 Å². The Labute approximate surface area is 40.8 Å². The van der Waals surface area contributed by atoms with E-state index in [1.54, 1.807) is 0 Å². The number of carbonyl (C=O) groups excluding carboxylic acids is 2. The zero-order valence-electron chi connectivity index (χ0n) is 3.63. The van der Waals surface area contributed by atoms with Gasteiger partial charge in [-0.3, -0.25) is 9.59 Å². The van der Waals surface area contributed by atoms with Crippen LogP contribution in [0.2, 0.25) is 0 Å². The number of hydrogen-bond donors (Lipinski definition) is 1. The number of rotatable bonds is 2. The average molecular weight is 99.1 g/mol. The van der Waals surface area contributed by atoms with E-state index in [1.807, 2.05) is 0 Å². The van der Waals surface area contributed by atoms with Crippen LogP contribution in [0.4, 0.5) is 0 Å². The monoisotopic (exact) mass is 99.0 g/mol. The van der Waals surface area contributed by atoms with Crippen LogP contribution in [0, 0.1) is 0 Å². The van der Waals surface area contributed by atoms with Crippen molar-refractivity contribution >= 4 is 12.6 Å². The van der Waals surface area contributed by atoms with E-state index in [0.29, 0.717) is 12.6 Å². The first-order chi connectivity index (χ1) is 3.35. The summed E-state index contributed by atoms with van der Waals surface area (Å²) in [6.45, 7) is 0. The molecule has 0 saturated heterocycles. The Hall–Kier alpha value is -1.12. The van der Waals surface area contributed by atoms with E-state index in [9.17, 15) is 9.59 Å². The van der Waals surface area contributed by atoms with Crippen molar-refractivity contribution in [2.75, 3.05) is 0 Å². The molecular formula is C4H5NO2. The molecule has 0 radical (unpaired) electrons. The Bertz CT molecular complexity index is 96.3. The normalized spacial score (nSPS) is 6.86. The van der Waals surface area contributed by atoms with Gasteiger partial charge in [0.2, 0.25) is 0 Å². The lowest BCUT2D eigenvalue weighted by Gasteiger charge is -1.73. The Morgan fingerprint density at radius 1 is 1.29 bits per heavy atom. The zero-order valence-corrected chi connectivity index (χ0v) is 3.63. The molecule has 0 amide bonds. The van der Waals surface area contributed by atoms with Crippen molar-refractivity contribution in [2.45, 2.75) is 0 Å². The number of nitrogens with two attached hydrogens (primary N) is 1. The SMILES string of the molecule is NC=C(C=O)C=O. The van der Waals surface area contributed by atoms with Crippen molar-refractivity contribution in [3.8, 4) is 0 Å². The summed E-state index contributed by atoms with van der Waals surface area (Å²) >= 11 is 0. The fraction of sp³-hybridized carbons (Fsp3) is 0. The number of carbonyl (C=O) groups is 2. The van der Waals surface area contributed by atoms with Gasteiger partial charge in [0, 0.05) is 6.20 Å². The summed E-state index contributed by atoms with van der Waals surface area (Å²) < 4.78 is 0. The Morgan fingerprint density at radius 3 is 1.71 bits per heavy atom. The van der Waals surface area contributed by atoms with Crippen molar-refractivity contribution in [1.29, 1.82) is 0 Å². The van der Waals surface area contributed by atoms with Gasteiger partial charge in [0.05, 0.1) is 5.57 Å². The van der Waals surface area contributed by atoms with E-state index >= 15 is 0 Å². The third-order valence-electron chi connectivity index (χ3n) is 0.465. The molecule has 0 saturated carbocycles. The maximum atomic E-state index is 9.59. The van der Waals surface area contributed by atoms with Crippen molar-refractivity contribution in [1.82, 2.24) is 0 Å². The van der Waals surface area contributed by atoms with Crippen LogP contribution in [-0.2, 0) is 9.59 Å². The van der Waals surface area contributed by atoms with E-state index in [2.05, 4.69) is 0 Å². The average Bonchev–Trinajstić information content (AvgIpc) is 1.72. The van der Waals surface area contributed by atoms with Gasteiger partial charge in [-0.15, -0.1) is 0 Å². The highest BCUT2D eigenvalue weighted by molar-refractivity contribution is 5.98. The second-order valence-electron chi connectivity index (χ2n) is 0.902. The summed E-state index contributed by atoms with van der Waals surface area (Å²) in [6.07, 6.45) is 1.75. The predicted molar refractivity (Wildman–Crippen MR) is 24.4 cm³/mol. The maximum Gasteiger partial charge on any atom is 0.154 e. The maximum absolute atomic E-state index is 9.59. The summed E-state index contributed by atoms with van der Waals surface area (Å²) in [4.78, 5) is 19.2. The molecular weight excluding hydrogens is 94.0 g/mol. The molecule has 0 heterocycles. The van der Waals surface area contributed by atoms with E-state index in [4.69, 9.17) is 5.73 Å². The van der Waals surface area contributed by atoms with E-state index in [1.165, 1.54) is 0 Å². The first-order valence-corrected chi connectivity index (χ1v) is 1.67. The predicted octanol–water partition coefficient (Wildman–Crippen LogP) is -0.773. The van der Waals surface area contributed by atoms with Crippen LogP contribution in [0.3, 0.4) is 0 Å². The molecule has 0 aromatic carbocycles. The van der Waals surface area contributed by atoms with Gasteiger partial charge in [0.1, 0.15) is 0 Å². The Kier molecular flexibility index (Phi) is 2.59. The van der Waals surface area contributed by atoms with Crippen LogP contribution in [0.25, 0.3) is 0 Å². The smallest absolute Gasteiger partial charge is 0.154 e. The van der Waals surface area contributed by atoms with Gasteiger partial charge in [-0.05, 0) is 0 Å². The molecule has 0 aliphatic carbocycles. The van der Waals surface area contributed by atoms with Crippen LogP contribution in [-0.4, -0.2) is 12.6 Å². The minimum Gasteiger partial charge on any atom is -0.404 e. The summed E-state index contributed by atoms with van der Waals surface area (Å²) in [5, 5.41) is 0. The first kappa shape index (κ1) is 5.88. The summed E-state index contributed by atoms with van der Waals surface area (Å²) in [6, 6.07) is 0. The highest BCUT2D eigenvalue weighted by atomic mass is 16.1. The lowest BCUT2D eigenvalue weighted by molar-refractivity contribution is -0.109. The van der Waals surface area contributed by atoms with Gasteiger partial charge in [-0.1, -0.05) is 0 Å². The molecule has 0 rings (SSSR count). The van der Waals surface area contributed by atoms with Crippen molar-refractivity contribution in [3.05, 3.63) is 11.8 Å². The minimum atomic E-state index is -0.0278. The summed E-state index contributed by atoms with van der Waals surface area (Å²) in [5.74, 6) is 0. The van der Waals surface area contributed by atoms with Gasteiger partial charge in [0.15, 0.2) is 12.6 Å². The molecule has 0 aromatic heterocycles. The zero-order chi connectivity index (χ0) is 5.70. The highest BCUT2D eigenvalue weighted by Crippen LogP contribution is 1.73. The van der Waals surface area contributed by atoms with Crippen LogP contribution in [0.15, 0.2) is 11.8 Å². The topological polar surface area (TPSA) is 60.2 Å². The molecule has 38 valence electrons. The minimum absolute atomic E-state index is 0.0278. The molecule has 0 fully saturated rings. The molecule has 7 heavy (non-hydrogen) atoms. The molecule has 0 spiro atoms. The highest BCUT2D eigenvalue weighted by Gasteiger charge is 1.83. The molecule has 0 aliphatic heterocycles. The second-order valence-corrected chi connectivity index (χ2v) is 0.902. The second kappa shape index (κ2) is 3.08. The number of aldehydes is 2. The molecule has 3 heteroatoms. The first-order valence-electron chi connectivity index (χ1n) is 1.67. The third-order valence-corrected chi connectivity index (χ3v) is 0.465. The Morgan fingerprint density at radius 2 is 1.71 bits per heavy atom. The molecule has 0 atom stereocenters. The van der Waals surface area contributed by atoms with Crippen LogP contribution in [0.5, 0.6) is 0 Å². The molecule has 2 N–H and O–H groups in total. The molecule has 0 bridgehead atoms. The van der Waals surface area contributed by atoms with E-state index < -0.39 is 0 Å². The quantitative estimate of drug-likeness (QED) is 0.214. The lowest BCUT2D eigenvalue weighted by Crippen LogP contribution is -1.90. The van der Waals surface area contributed by atoms with Crippen LogP contribution in [0.1, 0.15) is 0 Å². The van der Waals surface area contributed by atoms with Crippen LogP contribution >= 0.6 is 0 Å². The summed E-state index contributed by atoms with van der Waals surface area (Å²) in [7, 11) is 0. The summed E-state index contributed by atoms with van der Waals surface area (Å²) in [5.41, 5.74) is 4.74. The molecule has 3 nitrogen and oxygen atoms in total. The third kappa shape index (κ3) is 1.70. The van der Waals surface area contributed by atoms with E-state index in [0.717, 1.165) is 6.20 Å². The largest absolute Gasteiger partial charge is 0.404 e. The van der Waals surface area contributed by atoms with E-state index in [-0.39, 0.29) is 5.57 Å². The fourth-order valence-corrected chi connectivity index (χ4v) is 0.106. The van der Waals surface area contributed by atoms with Gasteiger partial charge >= 0.3 is 0 Å². The Balaban J connectivity index is 3.85. The van der Waals surface area contributed by atoms with Crippen molar-refractivity contribution in [3.63, 3.8) is 0 Å². The fourth-order valence-electron chi connectivity index (χ4n) is 0.106. The number of allylic oxidation sites excluding steroid dienone is 1. The molecule has 0 aliphatic rings. The van der Waals surface area contributed by atoms with Gasteiger partial charge in [-0.2, -0.15) is 0 Å². The van der Waals surface area contributed by atoms with Crippen molar-refractivity contribution in [2.24, 2.45) is 5.73 Å². The number of hydrogen-bond acceptors (Lipinski definition) is 3. The lowest BCUT2D eigenvalue weighted by atomic mass is 10.4. The van der Waals surface area contributed by atoms with Gasteiger partial charge in [0.25, 0.3) is 0 Å². The van der Waals surface area contributed by atoms with Gasteiger partial charge < -0.3 is 5.73 Å².